The minimum Gasteiger partial charge on any atom is -0.369 e. The number of carbonyl (C=O) groups excluding carboxylic acids is 1. The van der Waals surface area contributed by atoms with Gasteiger partial charge in [0.15, 0.2) is 0 Å². The second-order valence-corrected chi connectivity index (χ2v) is 6.75. The summed E-state index contributed by atoms with van der Waals surface area (Å²) < 4.78 is 0.832. The van der Waals surface area contributed by atoms with Gasteiger partial charge in [-0.05, 0) is 40.2 Å². The summed E-state index contributed by atoms with van der Waals surface area (Å²) in [5.41, 5.74) is 1.98. The minimum absolute atomic E-state index is 0.0228. The summed E-state index contributed by atoms with van der Waals surface area (Å²) in [6.07, 6.45) is 0. The van der Waals surface area contributed by atoms with E-state index in [9.17, 15) is 4.79 Å². The van der Waals surface area contributed by atoms with Gasteiger partial charge in [0, 0.05) is 49.4 Å². The molecule has 0 aromatic heterocycles. The van der Waals surface area contributed by atoms with Crippen LogP contribution in [0.25, 0.3) is 0 Å². The maximum absolute atomic E-state index is 12.2. The fraction of sp³-hybridized carbons (Fsp3) is 0.316. The number of piperazine rings is 1. The number of nitrogens with one attached hydrogen (secondary N) is 1. The van der Waals surface area contributed by atoms with Gasteiger partial charge in [-0.15, -0.1) is 0 Å². The molecule has 1 amide bonds. The van der Waals surface area contributed by atoms with Crippen molar-refractivity contribution < 1.29 is 4.79 Å². The van der Waals surface area contributed by atoms with Crippen molar-refractivity contribution in [2.45, 2.75) is 0 Å². The number of hydrogen-bond donors (Lipinski definition) is 1. The van der Waals surface area contributed by atoms with Gasteiger partial charge < -0.3 is 10.2 Å². The van der Waals surface area contributed by atoms with Crippen LogP contribution >= 0.6 is 15.9 Å². The Hall–Kier alpha value is -1.85. The Bertz CT molecular complexity index is 669. The zero-order valence-electron chi connectivity index (χ0n) is 13.6. The van der Waals surface area contributed by atoms with E-state index in [0.29, 0.717) is 12.1 Å². The number of amides is 1. The molecule has 0 bridgehead atoms. The molecule has 1 aliphatic heterocycles. The lowest BCUT2D eigenvalue weighted by Crippen LogP contribution is -2.48. The van der Waals surface area contributed by atoms with Crippen LogP contribution in [-0.4, -0.2) is 50.1 Å². The second-order valence-electron chi connectivity index (χ2n) is 5.90. The van der Waals surface area contributed by atoms with E-state index in [2.05, 4.69) is 55.3 Å². The number of para-hydroxylation sites is 1. The molecule has 0 atom stereocenters. The number of benzene rings is 2. The van der Waals surface area contributed by atoms with Crippen LogP contribution in [0.3, 0.4) is 0 Å². The zero-order chi connectivity index (χ0) is 16.8. The van der Waals surface area contributed by atoms with Crippen molar-refractivity contribution in [2.75, 3.05) is 44.2 Å². The first-order valence-electron chi connectivity index (χ1n) is 8.29. The Morgan fingerprint density at radius 1 is 0.958 bits per heavy atom. The molecule has 24 heavy (non-hydrogen) atoms. The standard InChI is InChI=1S/C19H22BrN3O/c20-18-9-5-4-8-17(18)19(24)21-10-11-22-12-14-23(15-13-22)16-6-2-1-3-7-16/h1-9H,10-15H2,(H,21,24). The Morgan fingerprint density at radius 2 is 1.62 bits per heavy atom. The number of halogens is 1. The summed E-state index contributed by atoms with van der Waals surface area (Å²) in [6.45, 7) is 5.67. The molecule has 0 saturated carbocycles. The first-order valence-corrected chi connectivity index (χ1v) is 9.08. The molecular formula is C19H22BrN3O. The lowest BCUT2D eigenvalue weighted by atomic mass is 10.2. The van der Waals surface area contributed by atoms with E-state index in [1.807, 2.05) is 30.3 Å². The molecule has 3 rings (SSSR count). The third kappa shape index (κ3) is 4.36. The summed E-state index contributed by atoms with van der Waals surface area (Å²) in [5, 5.41) is 3.01. The quantitative estimate of drug-likeness (QED) is 0.856. The minimum atomic E-state index is -0.0228. The lowest BCUT2D eigenvalue weighted by molar-refractivity contribution is 0.0947. The van der Waals surface area contributed by atoms with Gasteiger partial charge in [0.25, 0.3) is 5.91 Å². The molecular weight excluding hydrogens is 366 g/mol. The number of rotatable bonds is 5. The zero-order valence-corrected chi connectivity index (χ0v) is 15.2. The largest absolute Gasteiger partial charge is 0.369 e. The molecule has 1 saturated heterocycles. The molecule has 1 heterocycles. The lowest BCUT2D eigenvalue weighted by Gasteiger charge is -2.36. The van der Waals surface area contributed by atoms with E-state index in [4.69, 9.17) is 0 Å². The van der Waals surface area contributed by atoms with Crippen molar-refractivity contribution in [2.24, 2.45) is 0 Å². The fourth-order valence-electron chi connectivity index (χ4n) is 2.94. The summed E-state index contributed by atoms with van der Waals surface area (Å²) in [5.74, 6) is -0.0228. The fourth-order valence-corrected chi connectivity index (χ4v) is 3.40. The Labute approximate surface area is 151 Å². The average molecular weight is 388 g/mol. The molecule has 1 aliphatic rings. The van der Waals surface area contributed by atoms with Crippen LogP contribution in [-0.2, 0) is 0 Å². The Morgan fingerprint density at radius 3 is 2.33 bits per heavy atom. The van der Waals surface area contributed by atoms with Gasteiger partial charge in [0.2, 0.25) is 0 Å². The maximum Gasteiger partial charge on any atom is 0.252 e. The first-order chi connectivity index (χ1) is 11.7. The molecule has 0 unspecified atom stereocenters. The smallest absolute Gasteiger partial charge is 0.252 e. The molecule has 0 aliphatic carbocycles. The van der Waals surface area contributed by atoms with Crippen molar-refractivity contribution in [3.8, 4) is 0 Å². The van der Waals surface area contributed by atoms with E-state index in [1.54, 1.807) is 0 Å². The van der Waals surface area contributed by atoms with Crippen molar-refractivity contribution in [1.29, 1.82) is 0 Å². The van der Waals surface area contributed by atoms with Gasteiger partial charge in [-0.3, -0.25) is 9.69 Å². The summed E-state index contributed by atoms with van der Waals surface area (Å²) in [4.78, 5) is 17.0. The van der Waals surface area contributed by atoms with E-state index >= 15 is 0 Å². The number of nitrogens with zero attached hydrogens (tertiary/aromatic N) is 2. The van der Waals surface area contributed by atoms with E-state index in [-0.39, 0.29) is 5.91 Å². The Kier molecular flexibility index (Phi) is 5.88. The van der Waals surface area contributed by atoms with Gasteiger partial charge in [-0.2, -0.15) is 0 Å². The molecule has 1 fully saturated rings. The third-order valence-corrected chi connectivity index (χ3v) is 5.02. The van der Waals surface area contributed by atoms with Crippen molar-refractivity contribution in [3.63, 3.8) is 0 Å². The molecule has 2 aromatic carbocycles. The van der Waals surface area contributed by atoms with Crippen LogP contribution in [0.1, 0.15) is 10.4 Å². The second kappa shape index (κ2) is 8.31. The van der Waals surface area contributed by atoms with Crippen LogP contribution in [0.2, 0.25) is 0 Å². The monoisotopic (exact) mass is 387 g/mol. The summed E-state index contributed by atoms with van der Waals surface area (Å²) >= 11 is 3.42. The van der Waals surface area contributed by atoms with Crippen molar-refractivity contribution in [1.82, 2.24) is 10.2 Å². The molecule has 0 spiro atoms. The van der Waals surface area contributed by atoms with Crippen LogP contribution in [0.4, 0.5) is 5.69 Å². The highest BCUT2D eigenvalue weighted by molar-refractivity contribution is 9.10. The van der Waals surface area contributed by atoms with Gasteiger partial charge in [-0.25, -0.2) is 0 Å². The molecule has 2 aromatic rings. The molecule has 0 radical (unpaired) electrons. The maximum atomic E-state index is 12.2. The van der Waals surface area contributed by atoms with Crippen LogP contribution in [0.5, 0.6) is 0 Å². The SMILES string of the molecule is O=C(NCCN1CCN(c2ccccc2)CC1)c1ccccc1Br. The predicted molar refractivity (Wildman–Crippen MR) is 102 cm³/mol. The number of anilines is 1. The van der Waals surface area contributed by atoms with E-state index in [0.717, 1.165) is 37.2 Å². The van der Waals surface area contributed by atoms with Crippen LogP contribution in [0.15, 0.2) is 59.1 Å². The molecule has 126 valence electrons. The highest BCUT2D eigenvalue weighted by Gasteiger charge is 2.17. The molecule has 5 heteroatoms. The highest BCUT2D eigenvalue weighted by Crippen LogP contribution is 2.16. The third-order valence-electron chi connectivity index (χ3n) is 4.33. The van der Waals surface area contributed by atoms with Gasteiger partial charge in [-0.1, -0.05) is 30.3 Å². The summed E-state index contributed by atoms with van der Waals surface area (Å²) in [7, 11) is 0. The summed E-state index contributed by atoms with van der Waals surface area (Å²) in [6, 6.07) is 18.0. The predicted octanol–water partition coefficient (Wildman–Crippen LogP) is 3.00. The van der Waals surface area contributed by atoms with Crippen LogP contribution < -0.4 is 10.2 Å². The van der Waals surface area contributed by atoms with Gasteiger partial charge >= 0.3 is 0 Å². The van der Waals surface area contributed by atoms with Crippen molar-refractivity contribution >= 4 is 27.5 Å². The van der Waals surface area contributed by atoms with E-state index in [1.165, 1.54) is 5.69 Å². The molecule has 4 nitrogen and oxygen atoms in total. The topological polar surface area (TPSA) is 35.6 Å². The number of hydrogen-bond acceptors (Lipinski definition) is 3. The number of carbonyl (C=O) groups is 1. The van der Waals surface area contributed by atoms with Crippen molar-refractivity contribution in [3.05, 3.63) is 64.6 Å². The normalized spacial score (nSPS) is 15.3. The Balaban J connectivity index is 1.41. The highest BCUT2D eigenvalue weighted by atomic mass is 79.9. The first kappa shape index (κ1) is 17.0. The van der Waals surface area contributed by atoms with E-state index < -0.39 is 0 Å². The van der Waals surface area contributed by atoms with Gasteiger partial charge in [0.1, 0.15) is 0 Å². The van der Waals surface area contributed by atoms with Gasteiger partial charge in [0.05, 0.1) is 5.56 Å². The average Bonchev–Trinajstić information content (AvgIpc) is 2.63. The molecule has 1 N–H and O–H groups in total. The van der Waals surface area contributed by atoms with Crippen LogP contribution in [0, 0.1) is 0 Å².